The van der Waals surface area contributed by atoms with Gasteiger partial charge in [0.2, 0.25) is 10.0 Å². The maximum absolute atomic E-state index is 12.0. The first kappa shape index (κ1) is 17.1. The molecule has 0 aromatic carbocycles. The summed E-state index contributed by atoms with van der Waals surface area (Å²) in [4.78, 5) is 8.71. The van der Waals surface area contributed by atoms with Crippen molar-refractivity contribution in [1.29, 1.82) is 0 Å². The van der Waals surface area contributed by atoms with E-state index in [4.69, 9.17) is 0 Å². The minimum atomic E-state index is -3.06. The molecule has 1 fully saturated rings. The summed E-state index contributed by atoms with van der Waals surface area (Å²) >= 11 is 0. The van der Waals surface area contributed by atoms with Gasteiger partial charge in [0.05, 0.1) is 5.75 Å². The average Bonchev–Trinajstić information content (AvgIpc) is 2.97. The van der Waals surface area contributed by atoms with Gasteiger partial charge in [-0.3, -0.25) is 4.98 Å². The van der Waals surface area contributed by atoms with Crippen LogP contribution in [0.5, 0.6) is 0 Å². The lowest BCUT2D eigenvalue weighted by molar-refractivity contribution is 0.253. The molecule has 0 radical (unpaired) electrons. The third-order valence-corrected chi connectivity index (χ3v) is 6.63. The van der Waals surface area contributed by atoms with E-state index in [1.165, 1.54) is 0 Å². The number of aryl methyl sites for hydroxylation is 1. The first-order valence-electron chi connectivity index (χ1n) is 8.41. The van der Waals surface area contributed by atoms with Crippen LogP contribution in [0.1, 0.15) is 25.5 Å². The quantitative estimate of drug-likeness (QED) is 0.831. The van der Waals surface area contributed by atoms with E-state index in [2.05, 4.69) is 21.5 Å². The number of aromatic nitrogens is 3. The van der Waals surface area contributed by atoms with Crippen LogP contribution in [0, 0.1) is 12.8 Å². The highest BCUT2D eigenvalue weighted by Gasteiger charge is 2.27. The summed E-state index contributed by atoms with van der Waals surface area (Å²) in [6.07, 6.45) is 7.26. The van der Waals surface area contributed by atoms with Gasteiger partial charge in [-0.15, -0.1) is 0 Å². The summed E-state index contributed by atoms with van der Waals surface area (Å²) in [6, 6.07) is 3.93. The predicted molar refractivity (Wildman–Crippen MR) is 94.0 cm³/mol. The lowest BCUT2D eigenvalue weighted by Crippen LogP contribution is -2.40. The summed E-state index contributed by atoms with van der Waals surface area (Å²) in [5.74, 6) is 1.59. The van der Waals surface area contributed by atoms with Crippen molar-refractivity contribution in [1.82, 2.24) is 18.8 Å². The van der Waals surface area contributed by atoms with E-state index in [1.807, 2.05) is 24.5 Å². The number of sulfonamides is 1. The number of piperidine rings is 1. The Kier molecular flexibility index (Phi) is 5.01. The molecule has 0 aliphatic carbocycles. The molecule has 0 N–H and O–H groups in total. The molecule has 1 aliphatic rings. The molecule has 0 spiro atoms. The van der Waals surface area contributed by atoms with Crippen LogP contribution < -0.4 is 0 Å². The highest BCUT2D eigenvalue weighted by atomic mass is 32.2. The van der Waals surface area contributed by atoms with Gasteiger partial charge in [0.15, 0.2) is 0 Å². The van der Waals surface area contributed by atoms with Crippen LogP contribution in [0.25, 0.3) is 11.4 Å². The fourth-order valence-electron chi connectivity index (χ4n) is 3.23. The molecule has 0 amide bonds. The van der Waals surface area contributed by atoms with Crippen molar-refractivity contribution in [3.05, 3.63) is 36.4 Å². The molecule has 1 aliphatic heterocycles. The molecular formula is C17H24N4O2S. The van der Waals surface area contributed by atoms with E-state index < -0.39 is 10.0 Å². The summed E-state index contributed by atoms with van der Waals surface area (Å²) in [5.41, 5.74) is 2.13. The summed E-state index contributed by atoms with van der Waals surface area (Å²) in [7, 11) is -3.06. The van der Waals surface area contributed by atoms with Crippen LogP contribution in [0.4, 0.5) is 0 Å². The zero-order chi connectivity index (χ0) is 17.2. The van der Waals surface area contributed by atoms with Gasteiger partial charge in [-0.05, 0) is 44.7 Å². The number of rotatable bonds is 5. The Morgan fingerprint density at radius 3 is 2.62 bits per heavy atom. The fraction of sp³-hybridized carbons (Fsp3) is 0.529. The lowest BCUT2D eigenvalue weighted by atomic mass is 9.98. The zero-order valence-electron chi connectivity index (χ0n) is 14.2. The Hall–Kier alpha value is -1.73. The highest BCUT2D eigenvalue weighted by molar-refractivity contribution is 7.89. The number of hydrogen-bond donors (Lipinski definition) is 0. The van der Waals surface area contributed by atoms with Crippen molar-refractivity contribution in [3.63, 3.8) is 0 Å². The van der Waals surface area contributed by atoms with Gasteiger partial charge in [-0.2, -0.15) is 0 Å². The molecule has 2 aromatic rings. The first-order valence-corrected chi connectivity index (χ1v) is 10.0. The van der Waals surface area contributed by atoms with Crippen molar-refractivity contribution in [2.45, 2.75) is 33.2 Å². The Balaban J connectivity index is 1.71. The van der Waals surface area contributed by atoms with Crippen LogP contribution in [-0.2, 0) is 16.6 Å². The SMILES string of the molecule is CCS(=O)(=O)N1CCC(Cn2c(C)cnc2-c2cccnc2)CC1. The topological polar surface area (TPSA) is 68.1 Å². The smallest absolute Gasteiger partial charge is 0.213 e. The van der Waals surface area contributed by atoms with Crippen LogP contribution in [0.15, 0.2) is 30.7 Å². The molecule has 0 saturated carbocycles. The fourth-order valence-corrected chi connectivity index (χ4v) is 4.36. The summed E-state index contributed by atoms with van der Waals surface area (Å²) in [6.45, 7) is 5.88. The normalized spacial score (nSPS) is 17.2. The minimum Gasteiger partial charge on any atom is -0.328 e. The molecule has 0 atom stereocenters. The largest absolute Gasteiger partial charge is 0.328 e. The molecule has 24 heavy (non-hydrogen) atoms. The van der Waals surface area contributed by atoms with Crippen molar-refractivity contribution in [2.24, 2.45) is 5.92 Å². The highest BCUT2D eigenvalue weighted by Crippen LogP contribution is 2.25. The van der Waals surface area contributed by atoms with Gasteiger partial charge in [0.25, 0.3) is 0 Å². The Morgan fingerprint density at radius 2 is 2.00 bits per heavy atom. The minimum absolute atomic E-state index is 0.184. The predicted octanol–water partition coefficient (Wildman–Crippen LogP) is 2.32. The maximum Gasteiger partial charge on any atom is 0.213 e. The van der Waals surface area contributed by atoms with E-state index in [0.717, 1.165) is 36.5 Å². The van der Waals surface area contributed by atoms with Crippen LogP contribution in [-0.4, -0.2) is 46.1 Å². The first-order chi connectivity index (χ1) is 11.5. The van der Waals surface area contributed by atoms with Gasteiger partial charge < -0.3 is 4.57 Å². The average molecular weight is 348 g/mol. The molecule has 3 rings (SSSR count). The van der Waals surface area contributed by atoms with Gasteiger partial charge in [-0.25, -0.2) is 17.7 Å². The molecular weight excluding hydrogens is 324 g/mol. The van der Waals surface area contributed by atoms with E-state index >= 15 is 0 Å². The third kappa shape index (κ3) is 3.52. The second-order valence-corrected chi connectivity index (χ2v) is 8.58. The lowest BCUT2D eigenvalue weighted by Gasteiger charge is -2.31. The molecule has 1 saturated heterocycles. The zero-order valence-corrected chi connectivity index (χ0v) is 15.0. The Morgan fingerprint density at radius 1 is 1.25 bits per heavy atom. The number of imidazole rings is 1. The van der Waals surface area contributed by atoms with Crippen molar-refractivity contribution >= 4 is 10.0 Å². The molecule has 7 heteroatoms. The van der Waals surface area contributed by atoms with E-state index in [-0.39, 0.29) is 5.75 Å². The summed E-state index contributed by atoms with van der Waals surface area (Å²) in [5, 5.41) is 0. The van der Waals surface area contributed by atoms with Gasteiger partial charge in [-0.1, -0.05) is 0 Å². The van der Waals surface area contributed by atoms with Crippen molar-refractivity contribution in [3.8, 4) is 11.4 Å². The van der Waals surface area contributed by atoms with E-state index in [9.17, 15) is 8.42 Å². The third-order valence-electron chi connectivity index (χ3n) is 4.75. The van der Waals surface area contributed by atoms with E-state index in [1.54, 1.807) is 17.4 Å². The monoisotopic (exact) mass is 348 g/mol. The number of pyridine rings is 1. The van der Waals surface area contributed by atoms with Crippen LogP contribution in [0.3, 0.4) is 0 Å². The van der Waals surface area contributed by atoms with Gasteiger partial charge >= 0.3 is 0 Å². The summed E-state index contributed by atoms with van der Waals surface area (Å²) < 4.78 is 27.8. The molecule has 6 nitrogen and oxygen atoms in total. The second-order valence-electron chi connectivity index (χ2n) is 6.32. The van der Waals surface area contributed by atoms with Crippen molar-refractivity contribution in [2.75, 3.05) is 18.8 Å². The molecule has 0 bridgehead atoms. The van der Waals surface area contributed by atoms with Gasteiger partial charge in [0, 0.05) is 49.5 Å². The van der Waals surface area contributed by atoms with Crippen molar-refractivity contribution < 1.29 is 8.42 Å². The molecule has 3 heterocycles. The second kappa shape index (κ2) is 7.03. The Labute approximate surface area is 143 Å². The standard InChI is InChI=1S/C17H24N4O2S/c1-3-24(22,23)20-9-6-15(7-10-20)13-21-14(2)11-19-17(21)16-5-4-8-18-12-16/h4-5,8,11-12,15H,3,6-7,9-10,13H2,1-2H3. The molecule has 130 valence electrons. The number of hydrogen-bond acceptors (Lipinski definition) is 4. The molecule has 0 unspecified atom stereocenters. The van der Waals surface area contributed by atoms with Crippen LogP contribution in [0.2, 0.25) is 0 Å². The maximum atomic E-state index is 12.0. The van der Waals surface area contributed by atoms with Gasteiger partial charge in [0.1, 0.15) is 5.82 Å². The number of nitrogens with zero attached hydrogens (tertiary/aromatic N) is 4. The van der Waals surface area contributed by atoms with Crippen LogP contribution >= 0.6 is 0 Å². The van der Waals surface area contributed by atoms with E-state index in [0.29, 0.717) is 19.0 Å². The molecule has 2 aromatic heterocycles. The Bertz CT molecular complexity index is 778.